The van der Waals surface area contributed by atoms with Gasteiger partial charge in [0.2, 0.25) is 0 Å². The van der Waals surface area contributed by atoms with Crippen LogP contribution in [0.1, 0.15) is 16.4 Å². The predicted octanol–water partition coefficient (Wildman–Crippen LogP) is 6.54. The van der Waals surface area contributed by atoms with Crippen LogP contribution in [0.5, 0.6) is 0 Å². The van der Waals surface area contributed by atoms with E-state index < -0.39 is 0 Å². The van der Waals surface area contributed by atoms with Crippen molar-refractivity contribution in [1.29, 1.82) is 0 Å². The normalized spacial score (nSPS) is 11.1. The number of anilines is 1. The van der Waals surface area contributed by atoms with E-state index in [0.717, 1.165) is 16.8 Å². The fourth-order valence-electron chi connectivity index (χ4n) is 3.75. The summed E-state index contributed by atoms with van der Waals surface area (Å²) in [5.74, 6) is 0.234. The van der Waals surface area contributed by atoms with E-state index in [2.05, 4.69) is 34.5 Å². The van der Waals surface area contributed by atoms with Crippen LogP contribution in [-0.4, -0.2) is 14.8 Å². The molecular weight excluding hydrogens is 431 g/mol. The van der Waals surface area contributed by atoms with E-state index in [1.54, 1.807) is 17.8 Å². The highest BCUT2D eigenvalue weighted by Gasteiger charge is 2.23. The Bertz CT molecular complexity index is 1330. The minimum absolute atomic E-state index is 0.00299. The summed E-state index contributed by atoms with van der Waals surface area (Å²) in [6.45, 7) is 0. The lowest BCUT2D eigenvalue weighted by Gasteiger charge is -2.18. The van der Waals surface area contributed by atoms with Gasteiger partial charge in [-0.3, -0.25) is 4.57 Å². The molecule has 0 fully saturated rings. The van der Waals surface area contributed by atoms with Gasteiger partial charge in [0.25, 0.3) is 0 Å². The van der Waals surface area contributed by atoms with Crippen molar-refractivity contribution in [2.75, 3.05) is 5.73 Å². The summed E-state index contributed by atoms with van der Waals surface area (Å²) in [4.78, 5) is 0. The molecule has 4 aromatic carbocycles. The number of nitrogen functional groups attached to an aromatic ring is 1. The second-order valence-electron chi connectivity index (χ2n) is 7.57. The zero-order chi connectivity index (χ0) is 22.6. The highest BCUT2D eigenvalue weighted by atomic mass is 32.2. The summed E-state index contributed by atoms with van der Waals surface area (Å²) in [6.07, 6.45) is 0. The molecule has 0 aliphatic rings. The van der Waals surface area contributed by atoms with Gasteiger partial charge in [0.15, 0.2) is 11.0 Å². The van der Waals surface area contributed by atoms with Gasteiger partial charge in [-0.15, -0.1) is 10.2 Å². The number of rotatable bonds is 6. The summed E-state index contributed by atoms with van der Waals surface area (Å²) >= 11 is 1.60. The lowest BCUT2D eigenvalue weighted by Crippen LogP contribution is -2.03. The van der Waals surface area contributed by atoms with Gasteiger partial charge in [-0.05, 0) is 41.5 Å². The maximum atomic E-state index is 14.0. The lowest BCUT2D eigenvalue weighted by atomic mass is 10.0. The summed E-state index contributed by atoms with van der Waals surface area (Å²) in [7, 11) is 0. The molecule has 4 nitrogen and oxygen atoms in total. The molecule has 33 heavy (non-hydrogen) atoms. The molecule has 5 aromatic rings. The number of hydrogen-bond donors (Lipinski definition) is 1. The standard InChI is InChI=1S/C27H21FN4S/c28-22-14-7-13-21(17-22)26-30-31-27(32(26)24-16-8-15-23(29)18-24)33-25(19-9-3-1-4-10-19)20-11-5-2-6-12-20/h1-18,25H,29H2. The number of hydrogen-bond acceptors (Lipinski definition) is 4. The molecule has 1 aromatic heterocycles. The van der Waals surface area contributed by atoms with Crippen LogP contribution in [0.25, 0.3) is 17.1 Å². The monoisotopic (exact) mass is 452 g/mol. The van der Waals surface area contributed by atoms with Crippen molar-refractivity contribution in [2.24, 2.45) is 0 Å². The Hall–Kier alpha value is -3.90. The lowest BCUT2D eigenvalue weighted by molar-refractivity contribution is 0.628. The third-order valence-electron chi connectivity index (χ3n) is 5.27. The Kier molecular flexibility index (Phi) is 5.91. The van der Waals surface area contributed by atoms with Gasteiger partial charge in [0, 0.05) is 11.3 Å². The maximum absolute atomic E-state index is 14.0. The molecule has 6 heteroatoms. The van der Waals surface area contributed by atoms with Crippen molar-refractivity contribution in [3.05, 3.63) is 126 Å². The predicted molar refractivity (Wildman–Crippen MR) is 132 cm³/mol. The minimum Gasteiger partial charge on any atom is -0.399 e. The van der Waals surface area contributed by atoms with Crippen molar-refractivity contribution in [3.8, 4) is 17.1 Å². The van der Waals surface area contributed by atoms with Gasteiger partial charge in [0.05, 0.1) is 10.9 Å². The molecule has 0 saturated heterocycles. The molecule has 0 unspecified atom stereocenters. The van der Waals surface area contributed by atoms with Crippen LogP contribution in [0.15, 0.2) is 114 Å². The third kappa shape index (κ3) is 4.52. The number of nitrogens with zero attached hydrogens (tertiary/aromatic N) is 3. The average molecular weight is 453 g/mol. The van der Waals surface area contributed by atoms with Gasteiger partial charge in [-0.1, -0.05) is 90.6 Å². The second kappa shape index (κ2) is 9.30. The SMILES string of the molecule is Nc1cccc(-n2c(SC(c3ccccc3)c3ccccc3)nnc2-c2cccc(F)c2)c1. The number of nitrogens with two attached hydrogens (primary N) is 1. The highest BCUT2D eigenvalue weighted by molar-refractivity contribution is 7.99. The molecule has 1 heterocycles. The number of halogens is 1. The molecule has 5 rings (SSSR count). The molecular formula is C27H21FN4S. The smallest absolute Gasteiger partial charge is 0.197 e. The maximum Gasteiger partial charge on any atom is 0.197 e. The Morgan fingerprint density at radius 2 is 1.39 bits per heavy atom. The van der Waals surface area contributed by atoms with Gasteiger partial charge in [-0.2, -0.15) is 0 Å². The molecule has 0 spiro atoms. The molecule has 0 atom stereocenters. The minimum atomic E-state index is -0.324. The Balaban J connectivity index is 1.66. The first-order valence-electron chi connectivity index (χ1n) is 10.5. The first kappa shape index (κ1) is 21.0. The van der Waals surface area contributed by atoms with Gasteiger partial charge in [0.1, 0.15) is 5.82 Å². The first-order chi connectivity index (χ1) is 16.2. The van der Waals surface area contributed by atoms with E-state index in [1.807, 2.05) is 71.3 Å². The van der Waals surface area contributed by atoms with Crippen LogP contribution in [0, 0.1) is 5.82 Å². The molecule has 0 amide bonds. The third-order valence-corrected chi connectivity index (χ3v) is 6.53. The summed E-state index contributed by atoms with van der Waals surface area (Å²) in [5, 5.41) is 9.68. The van der Waals surface area contributed by atoms with E-state index in [1.165, 1.54) is 12.1 Å². The molecule has 0 aliphatic carbocycles. The second-order valence-corrected chi connectivity index (χ2v) is 8.64. The molecule has 0 bridgehead atoms. The van der Waals surface area contributed by atoms with Crippen molar-refractivity contribution in [3.63, 3.8) is 0 Å². The average Bonchev–Trinajstić information content (AvgIpc) is 3.27. The van der Waals surface area contributed by atoms with Crippen molar-refractivity contribution < 1.29 is 4.39 Å². The summed E-state index contributed by atoms with van der Waals surface area (Å²) in [5.41, 5.74) is 10.5. The molecule has 0 radical (unpaired) electrons. The molecule has 0 aliphatic heterocycles. The van der Waals surface area contributed by atoms with Crippen LogP contribution in [0.4, 0.5) is 10.1 Å². The molecule has 162 valence electrons. The Labute approximate surface area is 195 Å². The van der Waals surface area contributed by atoms with Crippen LogP contribution in [0.3, 0.4) is 0 Å². The van der Waals surface area contributed by atoms with Crippen molar-refractivity contribution in [1.82, 2.24) is 14.8 Å². The van der Waals surface area contributed by atoms with Crippen LogP contribution in [-0.2, 0) is 0 Å². The van der Waals surface area contributed by atoms with E-state index in [0.29, 0.717) is 22.2 Å². The molecule has 0 saturated carbocycles. The zero-order valence-electron chi connectivity index (χ0n) is 17.7. The summed E-state index contributed by atoms with van der Waals surface area (Å²) < 4.78 is 16.0. The van der Waals surface area contributed by atoms with Crippen molar-refractivity contribution >= 4 is 17.4 Å². The van der Waals surface area contributed by atoms with E-state index >= 15 is 0 Å². The summed E-state index contributed by atoms with van der Waals surface area (Å²) in [6, 6.07) is 34.5. The zero-order valence-corrected chi connectivity index (χ0v) is 18.5. The van der Waals surface area contributed by atoms with Crippen LogP contribution < -0.4 is 5.73 Å². The van der Waals surface area contributed by atoms with Crippen LogP contribution in [0.2, 0.25) is 0 Å². The Morgan fingerprint density at radius 3 is 2.03 bits per heavy atom. The van der Waals surface area contributed by atoms with Gasteiger partial charge < -0.3 is 5.73 Å². The van der Waals surface area contributed by atoms with Gasteiger partial charge >= 0.3 is 0 Å². The van der Waals surface area contributed by atoms with E-state index in [-0.39, 0.29) is 11.1 Å². The van der Waals surface area contributed by atoms with Crippen molar-refractivity contribution in [2.45, 2.75) is 10.4 Å². The number of thioether (sulfide) groups is 1. The fraction of sp³-hybridized carbons (Fsp3) is 0.0370. The van der Waals surface area contributed by atoms with E-state index in [9.17, 15) is 4.39 Å². The Morgan fingerprint density at radius 1 is 0.727 bits per heavy atom. The molecule has 2 N–H and O–H groups in total. The quantitative estimate of drug-likeness (QED) is 0.235. The topological polar surface area (TPSA) is 56.7 Å². The van der Waals surface area contributed by atoms with E-state index in [4.69, 9.17) is 5.73 Å². The highest BCUT2D eigenvalue weighted by Crippen LogP contribution is 2.41. The number of aromatic nitrogens is 3. The fourth-order valence-corrected chi connectivity index (χ4v) is 4.93. The first-order valence-corrected chi connectivity index (χ1v) is 11.4. The van der Waals surface area contributed by atoms with Crippen LogP contribution >= 0.6 is 11.8 Å². The van der Waals surface area contributed by atoms with Gasteiger partial charge in [-0.25, -0.2) is 4.39 Å². The largest absolute Gasteiger partial charge is 0.399 e. The number of benzene rings is 4.